The van der Waals surface area contributed by atoms with Gasteiger partial charge in [-0.25, -0.2) is 32.2 Å². The summed E-state index contributed by atoms with van der Waals surface area (Å²) in [4.78, 5) is 58.6. The maximum atomic E-state index is 12.6. The van der Waals surface area contributed by atoms with E-state index < -0.39 is 73.2 Å². The molecule has 6 rings (SSSR count). The number of nitrogens with zero attached hydrogens (tertiary/aromatic N) is 7. The number of hydrogen-bond donors (Lipinski definition) is 6. The highest BCUT2D eigenvalue weighted by atomic mass is 35.5. The lowest BCUT2D eigenvalue weighted by Crippen LogP contribution is -2.35. The van der Waals surface area contributed by atoms with E-state index in [-0.39, 0.29) is 40.2 Å². The summed E-state index contributed by atoms with van der Waals surface area (Å²) in [7, 11) is -2.92. The summed E-state index contributed by atoms with van der Waals surface area (Å²) in [6, 6.07) is 11.7. The number of anilines is 3. The van der Waals surface area contributed by atoms with Crippen molar-refractivity contribution in [1.82, 2.24) is 34.4 Å². The number of benzene rings is 3. The highest BCUT2D eigenvalue weighted by molar-refractivity contribution is 7.90. The number of nitrogen functional groups attached to an aromatic ring is 1. The van der Waals surface area contributed by atoms with Gasteiger partial charge in [-0.3, -0.25) is 20.4 Å². The molecule has 3 aromatic carbocycles. The van der Waals surface area contributed by atoms with Gasteiger partial charge < -0.3 is 30.7 Å². The maximum absolute atomic E-state index is 12.6. The number of aliphatic carboxylic acids is 1. The highest BCUT2D eigenvalue weighted by Crippen LogP contribution is 2.39. The van der Waals surface area contributed by atoms with Crippen molar-refractivity contribution < 1.29 is 60.6 Å². The van der Waals surface area contributed by atoms with Crippen molar-refractivity contribution >= 4 is 97.1 Å². The Hall–Kier alpha value is -7.29. The summed E-state index contributed by atoms with van der Waals surface area (Å²) in [5, 5.41) is 37.2. The average Bonchev–Trinajstić information content (AvgIpc) is 3.60. The first-order valence-electron chi connectivity index (χ1n) is 17.2. The molecule has 0 aliphatic rings. The number of rotatable bonds is 12. The molecule has 29 heteroatoms. The number of ether oxygens (including phenoxy) is 2. The molecule has 0 aliphatic carbocycles. The van der Waals surface area contributed by atoms with Gasteiger partial charge >= 0.3 is 35.8 Å². The van der Waals surface area contributed by atoms with Crippen molar-refractivity contribution in [3.05, 3.63) is 109 Å². The molecule has 0 aliphatic heterocycles. The van der Waals surface area contributed by atoms with Gasteiger partial charge in [-0.15, -0.1) is 0 Å². The van der Waals surface area contributed by atoms with E-state index in [1.54, 1.807) is 42.1 Å². The summed E-state index contributed by atoms with van der Waals surface area (Å²) in [6.07, 6.45) is -2.18. The number of alkyl halides is 3. The van der Waals surface area contributed by atoms with E-state index in [0.29, 0.717) is 28.4 Å². The number of nitrogens with two attached hydrogens (primary N) is 1. The quantitative estimate of drug-likeness (QED) is 0.0558. The number of urea groups is 1. The number of nitro groups is 1. The van der Waals surface area contributed by atoms with Gasteiger partial charge in [0.15, 0.2) is 6.61 Å². The first-order chi connectivity index (χ1) is 30.1. The van der Waals surface area contributed by atoms with Crippen molar-refractivity contribution in [3.63, 3.8) is 0 Å². The molecule has 0 unspecified atom stereocenters. The van der Waals surface area contributed by atoms with Crippen LogP contribution in [-0.4, -0.2) is 91.5 Å². The van der Waals surface area contributed by atoms with Crippen LogP contribution in [0.3, 0.4) is 0 Å². The fourth-order valence-electron chi connectivity index (χ4n) is 4.87. The minimum absolute atomic E-state index is 0.0776. The number of fused-ring (bicyclic) bond motifs is 1. The lowest BCUT2D eigenvalue weighted by atomic mass is 10.2. The zero-order valence-corrected chi connectivity index (χ0v) is 35.4. The summed E-state index contributed by atoms with van der Waals surface area (Å²) < 4.78 is 75.3. The Morgan fingerprint density at radius 3 is 2.19 bits per heavy atom. The number of amides is 2. The number of aromatic nitrogens is 6. The zero-order valence-electron chi connectivity index (χ0n) is 32.3. The van der Waals surface area contributed by atoms with E-state index in [4.69, 9.17) is 60.2 Å². The molecule has 3 heterocycles. The Balaban J connectivity index is 0.000000217. The van der Waals surface area contributed by atoms with Crippen LogP contribution in [0.1, 0.15) is 22.8 Å². The van der Waals surface area contributed by atoms with Crippen molar-refractivity contribution in [3.8, 4) is 17.4 Å². The second kappa shape index (κ2) is 21.2. The topological polar surface area (TPSA) is 319 Å². The van der Waals surface area contributed by atoms with Crippen LogP contribution in [0.15, 0.2) is 78.0 Å². The predicted molar refractivity (Wildman–Crippen MR) is 223 cm³/mol. The van der Waals surface area contributed by atoms with Gasteiger partial charge in [0.1, 0.15) is 28.0 Å². The van der Waals surface area contributed by atoms with Crippen LogP contribution in [0.25, 0.3) is 16.6 Å². The fourth-order valence-corrected chi connectivity index (χ4v) is 6.84. The number of carboxylic acid groups (broad SMARTS) is 2. The van der Waals surface area contributed by atoms with Crippen molar-refractivity contribution in [2.75, 3.05) is 36.6 Å². The molecule has 6 aromatic rings. The third kappa shape index (κ3) is 12.6. The van der Waals surface area contributed by atoms with Crippen LogP contribution in [-0.2, 0) is 21.0 Å². The molecule has 22 nitrogen and oxygen atoms in total. The standard InChI is InChI=1S/C14H16N6O6S.C11H8ClNO3.C10H5Cl2F3N4O2/c1-3-26-14-18-11(15-2)16-12(19-14)17-13(23)20-27(24,25)9-7-5-4-6-8(9)10(21)22;12-8-3-4-9(16-6-10(14)15)11-7(8)2-1-5-13-11;11-5-1-4(10(13,14)15)2-6(12)8(5)18-9(16)7(3-17-18)19(20)21/h4-7H,3H2,1-2H3,(H,21,22)(H3,15,16,17,18,19,20,23);1-5H,6H2,(H,14,15);1-3H,16H2. The highest BCUT2D eigenvalue weighted by Gasteiger charge is 2.33. The number of carbonyl (C=O) groups is 3. The third-order valence-electron chi connectivity index (χ3n) is 7.54. The molecule has 0 fully saturated rings. The molecular weight excluding hydrogens is 946 g/mol. The number of halogens is 6. The molecule has 2 amide bonds. The Labute approximate surface area is 372 Å². The van der Waals surface area contributed by atoms with E-state index in [2.05, 4.69) is 35.7 Å². The molecular formula is C35H29Cl3F3N11O11S. The van der Waals surface area contributed by atoms with E-state index in [9.17, 15) is 46.1 Å². The van der Waals surface area contributed by atoms with Crippen LogP contribution in [0.5, 0.6) is 11.8 Å². The molecule has 0 saturated heterocycles. The molecule has 338 valence electrons. The smallest absolute Gasteiger partial charge is 0.416 e. The lowest BCUT2D eigenvalue weighted by Gasteiger charge is -2.12. The van der Waals surface area contributed by atoms with Crippen molar-refractivity contribution in [2.24, 2.45) is 0 Å². The second-order valence-electron chi connectivity index (χ2n) is 11.8. The second-order valence-corrected chi connectivity index (χ2v) is 14.7. The summed E-state index contributed by atoms with van der Waals surface area (Å²) in [5.41, 5.74) is 3.87. The molecule has 3 aromatic heterocycles. The number of aromatic carboxylic acids is 1. The van der Waals surface area contributed by atoms with E-state index in [0.717, 1.165) is 28.4 Å². The number of sulfonamides is 1. The Kier molecular flexibility index (Phi) is 16.3. The van der Waals surface area contributed by atoms with Gasteiger partial charge in [0.25, 0.3) is 10.0 Å². The lowest BCUT2D eigenvalue weighted by molar-refractivity contribution is -0.383. The van der Waals surface area contributed by atoms with Crippen molar-refractivity contribution in [2.45, 2.75) is 18.0 Å². The molecule has 0 saturated carbocycles. The Bertz CT molecular complexity index is 2820. The SMILES string of the molecule is CCOc1nc(NC)nc(NC(=O)NS(=O)(=O)c2ccccc2C(=O)O)n1.Nc1c([N+](=O)[O-])cnn1-c1c(Cl)cc(C(F)(F)F)cc1Cl.O=C(O)COc1ccc(Cl)c2cccnc12. The van der Waals surface area contributed by atoms with E-state index in [1.165, 1.54) is 19.2 Å². The van der Waals surface area contributed by atoms with Crippen LogP contribution < -0.4 is 30.6 Å². The van der Waals surface area contributed by atoms with Crippen LogP contribution >= 0.6 is 34.8 Å². The Morgan fingerprint density at radius 1 is 0.953 bits per heavy atom. The predicted octanol–water partition coefficient (Wildman–Crippen LogP) is 6.56. The van der Waals surface area contributed by atoms with Gasteiger partial charge in [-0.2, -0.15) is 33.2 Å². The van der Waals surface area contributed by atoms with Gasteiger partial charge in [0.05, 0.1) is 37.7 Å². The number of nitrogens with one attached hydrogen (secondary N) is 3. The molecule has 7 N–H and O–H groups in total. The third-order valence-corrected chi connectivity index (χ3v) is 9.84. The monoisotopic (exact) mass is 973 g/mol. The first-order valence-corrected chi connectivity index (χ1v) is 19.8. The summed E-state index contributed by atoms with van der Waals surface area (Å²) in [6.45, 7) is 1.57. The minimum Gasteiger partial charge on any atom is -0.480 e. The fraction of sp³-hybridized carbons (Fsp3) is 0.143. The maximum Gasteiger partial charge on any atom is 0.416 e. The normalized spacial score (nSPS) is 10.9. The first kappa shape index (κ1) is 49.4. The average molecular weight is 975 g/mol. The van der Waals surface area contributed by atoms with Crippen LogP contribution in [0.2, 0.25) is 15.1 Å². The number of carboxylic acids is 2. The molecule has 0 spiro atoms. The zero-order chi connectivity index (χ0) is 47.5. The van der Waals surface area contributed by atoms with Gasteiger partial charge in [0.2, 0.25) is 17.7 Å². The number of hydrogen-bond acceptors (Lipinski definition) is 16. The molecule has 0 atom stereocenters. The van der Waals surface area contributed by atoms with Crippen LogP contribution in [0.4, 0.5) is 41.4 Å². The van der Waals surface area contributed by atoms with E-state index >= 15 is 0 Å². The molecule has 64 heavy (non-hydrogen) atoms. The van der Waals surface area contributed by atoms with Gasteiger partial charge in [-0.05, 0) is 55.5 Å². The largest absolute Gasteiger partial charge is 0.480 e. The van der Waals surface area contributed by atoms with Crippen molar-refractivity contribution in [1.29, 1.82) is 0 Å². The number of pyridine rings is 1. The van der Waals surface area contributed by atoms with E-state index in [1.807, 2.05) is 0 Å². The van der Waals surface area contributed by atoms with Crippen LogP contribution in [0, 0.1) is 10.1 Å². The Morgan fingerprint density at radius 2 is 1.61 bits per heavy atom. The molecule has 0 bridgehead atoms. The minimum atomic E-state index is -4.63. The summed E-state index contributed by atoms with van der Waals surface area (Å²) >= 11 is 17.5. The molecule has 0 radical (unpaired) electrons. The van der Waals surface area contributed by atoms with Gasteiger partial charge in [-0.1, -0.05) is 46.9 Å². The van der Waals surface area contributed by atoms with Gasteiger partial charge in [0, 0.05) is 18.6 Å². The summed E-state index contributed by atoms with van der Waals surface area (Å²) in [5.74, 6) is -2.64. The number of carbonyl (C=O) groups excluding carboxylic acids is 1.